The van der Waals surface area contributed by atoms with Crippen LogP contribution in [0.4, 0.5) is 4.39 Å². The molecule has 1 aliphatic heterocycles. The lowest BCUT2D eigenvalue weighted by Gasteiger charge is -2.19. The van der Waals surface area contributed by atoms with E-state index in [4.69, 9.17) is 0 Å². The van der Waals surface area contributed by atoms with Crippen LogP contribution >= 0.6 is 15.9 Å². The first kappa shape index (κ1) is 13.5. The van der Waals surface area contributed by atoms with Crippen LogP contribution in [0.25, 0.3) is 0 Å². The maximum Gasteiger partial charge on any atom is 0.254 e. The van der Waals surface area contributed by atoms with E-state index in [1.807, 2.05) is 7.05 Å². The molecule has 0 saturated carbocycles. The summed E-state index contributed by atoms with van der Waals surface area (Å²) in [5.74, 6) is -0.858. The van der Waals surface area contributed by atoms with Crippen molar-refractivity contribution in [3.63, 3.8) is 0 Å². The summed E-state index contributed by atoms with van der Waals surface area (Å²) in [6.45, 7) is 1.63. The number of nitrogens with zero attached hydrogens (tertiary/aromatic N) is 1. The average molecular weight is 315 g/mol. The van der Waals surface area contributed by atoms with Gasteiger partial charge in [-0.05, 0) is 54.5 Å². The Labute approximate surface area is 114 Å². The molecule has 1 N–H and O–H groups in total. The smallest absolute Gasteiger partial charge is 0.254 e. The van der Waals surface area contributed by atoms with Crippen LogP contribution in [0.3, 0.4) is 0 Å². The van der Waals surface area contributed by atoms with Gasteiger partial charge in [0.2, 0.25) is 0 Å². The fraction of sp³-hybridized carbons (Fsp3) is 0.462. The summed E-state index contributed by atoms with van der Waals surface area (Å²) in [5.41, 5.74) is 0.0880. The number of hydrogen-bond donors (Lipinski definition) is 1. The predicted molar refractivity (Wildman–Crippen MR) is 72.1 cm³/mol. The highest BCUT2D eigenvalue weighted by Gasteiger charge is 2.22. The van der Waals surface area contributed by atoms with E-state index < -0.39 is 5.82 Å². The monoisotopic (exact) mass is 314 g/mol. The van der Waals surface area contributed by atoms with E-state index in [0.29, 0.717) is 17.1 Å². The SMILES string of the molecule is CN1CCCC1CNC(=O)c1cccc(Br)c1F. The lowest BCUT2D eigenvalue weighted by Crippen LogP contribution is -2.38. The quantitative estimate of drug-likeness (QED) is 0.929. The molecule has 5 heteroatoms. The van der Waals surface area contributed by atoms with Crippen LogP contribution in [-0.2, 0) is 0 Å². The Balaban J connectivity index is 1.97. The molecule has 1 fully saturated rings. The zero-order valence-corrected chi connectivity index (χ0v) is 11.8. The highest BCUT2D eigenvalue weighted by atomic mass is 79.9. The highest BCUT2D eigenvalue weighted by molar-refractivity contribution is 9.10. The van der Waals surface area contributed by atoms with E-state index in [-0.39, 0.29) is 11.5 Å². The number of carbonyl (C=O) groups excluding carboxylic acids is 1. The van der Waals surface area contributed by atoms with Crippen LogP contribution in [0.1, 0.15) is 23.2 Å². The molecule has 1 heterocycles. The van der Waals surface area contributed by atoms with Gasteiger partial charge in [0.05, 0.1) is 10.0 Å². The van der Waals surface area contributed by atoms with Gasteiger partial charge in [0.25, 0.3) is 5.91 Å². The van der Waals surface area contributed by atoms with E-state index in [1.165, 1.54) is 6.07 Å². The van der Waals surface area contributed by atoms with Crippen molar-refractivity contribution < 1.29 is 9.18 Å². The molecule has 1 aromatic carbocycles. The predicted octanol–water partition coefficient (Wildman–Crippen LogP) is 2.41. The Hall–Kier alpha value is -0.940. The minimum atomic E-state index is -0.505. The number of carbonyl (C=O) groups is 1. The summed E-state index contributed by atoms with van der Waals surface area (Å²) < 4.78 is 14.0. The fourth-order valence-electron chi connectivity index (χ4n) is 2.22. The van der Waals surface area contributed by atoms with Gasteiger partial charge in [0.15, 0.2) is 0 Å². The van der Waals surface area contributed by atoms with Crippen molar-refractivity contribution in [3.8, 4) is 0 Å². The van der Waals surface area contributed by atoms with Gasteiger partial charge in [-0.3, -0.25) is 4.79 Å². The molecule has 98 valence electrons. The summed E-state index contributed by atoms with van der Waals surface area (Å²) >= 11 is 3.08. The van der Waals surface area contributed by atoms with Gasteiger partial charge in [-0.2, -0.15) is 0 Å². The van der Waals surface area contributed by atoms with Gasteiger partial charge >= 0.3 is 0 Å². The summed E-state index contributed by atoms with van der Waals surface area (Å²) in [6, 6.07) is 5.10. The molecule has 0 radical (unpaired) electrons. The highest BCUT2D eigenvalue weighted by Crippen LogP contribution is 2.19. The van der Waals surface area contributed by atoms with E-state index in [0.717, 1.165) is 19.4 Å². The molecule has 18 heavy (non-hydrogen) atoms. The zero-order valence-electron chi connectivity index (χ0n) is 10.2. The Bertz CT molecular complexity index is 453. The third kappa shape index (κ3) is 2.90. The first-order valence-electron chi connectivity index (χ1n) is 6.02. The fourth-order valence-corrected chi connectivity index (χ4v) is 2.59. The number of likely N-dealkylation sites (tertiary alicyclic amines) is 1. The lowest BCUT2D eigenvalue weighted by molar-refractivity contribution is 0.0939. The zero-order chi connectivity index (χ0) is 13.1. The third-order valence-electron chi connectivity index (χ3n) is 3.37. The molecule has 3 nitrogen and oxygen atoms in total. The first-order valence-corrected chi connectivity index (χ1v) is 6.81. The molecule has 0 aliphatic carbocycles. The molecule has 1 aromatic rings. The Morgan fingerprint density at radius 1 is 1.61 bits per heavy atom. The lowest BCUT2D eigenvalue weighted by atomic mass is 10.2. The number of hydrogen-bond acceptors (Lipinski definition) is 2. The van der Waals surface area contributed by atoms with Gasteiger partial charge in [-0.1, -0.05) is 6.07 Å². The van der Waals surface area contributed by atoms with Crippen LogP contribution in [0.2, 0.25) is 0 Å². The van der Waals surface area contributed by atoms with Gasteiger partial charge in [0.1, 0.15) is 5.82 Å². The molecule has 1 unspecified atom stereocenters. The minimum absolute atomic E-state index is 0.0880. The van der Waals surface area contributed by atoms with Gasteiger partial charge in [-0.25, -0.2) is 4.39 Å². The van der Waals surface area contributed by atoms with Crippen molar-refractivity contribution in [1.29, 1.82) is 0 Å². The number of rotatable bonds is 3. The van der Waals surface area contributed by atoms with Crippen molar-refractivity contribution in [2.45, 2.75) is 18.9 Å². The van der Waals surface area contributed by atoms with E-state index >= 15 is 0 Å². The van der Waals surface area contributed by atoms with E-state index in [9.17, 15) is 9.18 Å². The van der Waals surface area contributed by atoms with Gasteiger partial charge in [-0.15, -0.1) is 0 Å². The average Bonchev–Trinajstić information content (AvgIpc) is 2.75. The molecule has 0 aromatic heterocycles. The minimum Gasteiger partial charge on any atom is -0.350 e. The molecule has 0 spiro atoms. The van der Waals surface area contributed by atoms with Crippen molar-refractivity contribution >= 4 is 21.8 Å². The maximum absolute atomic E-state index is 13.7. The topological polar surface area (TPSA) is 32.3 Å². The Kier molecular flexibility index (Phi) is 4.35. The molecule has 0 bridgehead atoms. The largest absolute Gasteiger partial charge is 0.350 e. The molecule has 1 saturated heterocycles. The molecule has 1 atom stereocenters. The third-order valence-corrected chi connectivity index (χ3v) is 3.98. The second-order valence-corrected chi connectivity index (χ2v) is 5.44. The molecule has 1 aliphatic rings. The second kappa shape index (κ2) is 5.80. The number of amides is 1. The molecular formula is C13H16BrFN2O. The summed E-state index contributed by atoms with van der Waals surface area (Å²) in [7, 11) is 2.05. The van der Waals surface area contributed by atoms with Crippen LogP contribution in [-0.4, -0.2) is 37.0 Å². The number of likely N-dealkylation sites (N-methyl/N-ethyl adjacent to an activating group) is 1. The van der Waals surface area contributed by atoms with Gasteiger partial charge in [0, 0.05) is 12.6 Å². The van der Waals surface area contributed by atoms with Crippen LogP contribution in [0, 0.1) is 5.82 Å². The van der Waals surface area contributed by atoms with Crippen LogP contribution < -0.4 is 5.32 Å². The van der Waals surface area contributed by atoms with Crippen LogP contribution in [0.5, 0.6) is 0 Å². The number of halogens is 2. The van der Waals surface area contributed by atoms with E-state index in [2.05, 4.69) is 26.1 Å². The summed E-state index contributed by atoms with van der Waals surface area (Å²) in [5, 5.41) is 2.80. The van der Waals surface area contributed by atoms with Crippen LogP contribution in [0.15, 0.2) is 22.7 Å². The number of nitrogens with one attached hydrogen (secondary N) is 1. The van der Waals surface area contributed by atoms with Crippen molar-refractivity contribution in [2.75, 3.05) is 20.1 Å². The standard InChI is InChI=1S/C13H16BrFN2O/c1-17-7-3-4-9(17)8-16-13(18)10-5-2-6-11(14)12(10)15/h2,5-6,9H,3-4,7-8H2,1H3,(H,16,18). The second-order valence-electron chi connectivity index (χ2n) is 4.59. The van der Waals surface area contributed by atoms with Gasteiger partial charge < -0.3 is 10.2 Å². The normalized spacial score (nSPS) is 20.1. The molecule has 2 rings (SSSR count). The Morgan fingerprint density at radius 2 is 2.39 bits per heavy atom. The van der Waals surface area contributed by atoms with Crippen molar-refractivity contribution in [2.24, 2.45) is 0 Å². The summed E-state index contributed by atoms with van der Waals surface area (Å²) in [4.78, 5) is 14.1. The maximum atomic E-state index is 13.7. The first-order chi connectivity index (χ1) is 8.59. The van der Waals surface area contributed by atoms with Crippen molar-refractivity contribution in [1.82, 2.24) is 10.2 Å². The molecule has 1 amide bonds. The Morgan fingerprint density at radius 3 is 3.06 bits per heavy atom. The summed E-state index contributed by atoms with van der Waals surface area (Å²) in [6.07, 6.45) is 2.24. The van der Waals surface area contributed by atoms with Crippen molar-refractivity contribution in [3.05, 3.63) is 34.1 Å². The number of benzene rings is 1. The molecular weight excluding hydrogens is 299 g/mol. The van der Waals surface area contributed by atoms with E-state index in [1.54, 1.807) is 12.1 Å².